The van der Waals surface area contributed by atoms with Crippen molar-refractivity contribution in [2.24, 2.45) is 4.99 Å². The van der Waals surface area contributed by atoms with Crippen LogP contribution in [0.2, 0.25) is 0 Å². The minimum absolute atomic E-state index is 0. The van der Waals surface area contributed by atoms with Crippen LogP contribution in [0.4, 0.5) is 0 Å². The van der Waals surface area contributed by atoms with Crippen molar-refractivity contribution in [3.8, 4) is 0 Å². The van der Waals surface area contributed by atoms with Crippen molar-refractivity contribution in [3.05, 3.63) is 35.4 Å². The van der Waals surface area contributed by atoms with E-state index in [4.69, 9.17) is 0 Å². The molecule has 3 aliphatic rings. The van der Waals surface area contributed by atoms with Crippen LogP contribution >= 0.6 is 24.0 Å². The number of nitrogens with zero attached hydrogens (tertiary/aromatic N) is 3. The summed E-state index contributed by atoms with van der Waals surface area (Å²) in [7, 11) is 1.85. The maximum absolute atomic E-state index is 11.9. The molecule has 1 amide bonds. The van der Waals surface area contributed by atoms with E-state index in [1.165, 1.54) is 69.2 Å². The zero-order chi connectivity index (χ0) is 21.5. The maximum atomic E-state index is 11.9. The van der Waals surface area contributed by atoms with E-state index < -0.39 is 0 Å². The Morgan fingerprint density at radius 2 is 1.78 bits per heavy atom. The average Bonchev–Trinajstić information content (AvgIpc) is 3.22. The second-order valence-corrected chi connectivity index (χ2v) is 9.41. The van der Waals surface area contributed by atoms with Crippen molar-refractivity contribution in [1.29, 1.82) is 0 Å². The van der Waals surface area contributed by atoms with Gasteiger partial charge >= 0.3 is 0 Å². The van der Waals surface area contributed by atoms with Crippen LogP contribution in [0.15, 0.2) is 29.3 Å². The van der Waals surface area contributed by atoms with Gasteiger partial charge in [-0.15, -0.1) is 24.0 Å². The van der Waals surface area contributed by atoms with Gasteiger partial charge in [-0.05, 0) is 43.2 Å². The fraction of sp³-hybridized carbons (Fsp3) is 0.680. The largest absolute Gasteiger partial charge is 0.354 e. The number of benzene rings is 1. The van der Waals surface area contributed by atoms with Crippen LogP contribution in [0, 0.1) is 0 Å². The second kappa shape index (κ2) is 12.8. The lowest BCUT2D eigenvalue weighted by atomic mass is 9.92. The average molecular weight is 554 g/mol. The number of carbonyl (C=O) groups excluding carboxylic acids is 1. The molecule has 1 aromatic carbocycles. The number of hydrogen-bond acceptors (Lipinski definition) is 3. The number of aliphatic imine (C=N–C) groups is 1. The summed E-state index contributed by atoms with van der Waals surface area (Å²) in [6.07, 6.45) is 11.1. The van der Waals surface area contributed by atoms with Gasteiger partial charge in [0, 0.05) is 58.3 Å². The van der Waals surface area contributed by atoms with E-state index in [-0.39, 0.29) is 29.9 Å². The molecule has 0 aromatic heterocycles. The number of piperidine rings is 1. The van der Waals surface area contributed by atoms with E-state index in [1.54, 1.807) is 0 Å². The van der Waals surface area contributed by atoms with E-state index >= 15 is 0 Å². The van der Waals surface area contributed by atoms with Gasteiger partial charge in [0.15, 0.2) is 5.96 Å². The summed E-state index contributed by atoms with van der Waals surface area (Å²) >= 11 is 0. The third-order valence-corrected chi connectivity index (χ3v) is 7.18. The quantitative estimate of drug-likeness (QED) is 0.319. The minimum Gasteiger partial charge on any atom is -0.354 e. The number of halogens is 1. The van der Waals surface area contributed by atoms with Crippen molar-refractivity contribution in [2.45, 2.75) is 83.0 Å². The van der Waals surface area contributed by atoms with Crippen molar-refractivity contribution in [1.82, 2.24) is 20.4 Å². The molecule has 3 fully saturated rings. The second-order valence-electron chi connectivity index (χ2n) is 9.41. The number of hydrogen-bond donors (Lipinski definition) is 2. The third-order valence-electron chi connectivity index (χ3n) is 7.18. The molecule has 7 heteroatoms. The Labute approximate surface area is 210 Å². The molecule has 1 aliphatic carbocycles. The van der Waals surface area contributed by atoms with Gasteiger partial charge in [0.2, 0.25) is 5.91 Å². The van der Waals surface area contributed by atoms with Crippen LogP contribution < -0.4 is 10.6 Å². The number of likely N-dealkylation sites (tertiary alicyclic amines) is 2. The monoisotopic (exact) mass is 553 g/mol. The summed E-state index contributed by atoms with van der Waals surface area (Å²) in [5.41, 5.74) is 2.42. The van der Waals surface area contributed by atoms with Gasteiger partial charge in [0.1, 0.15) is 0 Å². The summed E-state index contributed by atoms with van der Waals surface area (Å²) in [6, 6.07) is 9.87. The van der Waals surface area contributed by atoms with Crippen LogP contribution in [0.25, 0.3) is 0 Å². The van der Waals surface area contributed by atoms with E-state index in [9.17, 15) is 4.79 Å². The first kappa shape index (κ1) is 25.3. The summed E-state index contributed by atoms with van der Waals surface area (Å²) < 4.78 is 0. The maximum Gasteiger partial charge on any atom is 0.222 e. The minimum atomic E-state index is 0. The molecule has 0 unspecified atom stereocenters. The Kier molecular flexibility index (Phi) is 10.1. The number of guanidine groups is 1. The predicted octanol–water partition coefficient (Wildman–Crippen LogP) is 3.89. The molecule has 1 aromatic rings. The van der Waals surface area contributed by atoms with Crippen molar-refractivity contribution in [2.75, 3.05) is 26.7 Å². The molecule has 2 saturated heterocycles. The molecule has 0 radical (unpaired) electrons. The van der Waals surface area contributed by atoms with E-state index in [1.807, 2.05) is 11.9 Å². The molecule has 0 bridgehead atoms. The highest BCUT2D eigenvalue weighted by Crippen LogP contribution is 2.25. The SMILES string of the molecule is CN=C(NCc1cccc(CN2CCCC2=O)c1)NC1CCN(C2CCCCC2)CC1.I. The molecule has 0 atom stereocenters. The zero-order valence-electron chi connectivity index (χ0n) is 19.5. The summed E-state index contributed by atoms with van der Waals surface area (Å²) in [4.78, 5) is 21.0. The first-order chi connectivity index (χ1) is 15.2. The molecule has 4 rings (SSSR count). The molecule has 2 heterocycles. The summed E-state index contributed by atoms with van der Waals surface area (Å²) in [6.45, 7) is 4.76. The predicted molar refractivity (Wildman–Crippen MR) is 141 cm³/mol. The standard InChI is InChI=1S/C25H39N5O.HI/c1-26-25(28-22-12-15-29(16-13-22)23-9-3-2-4-10-23)27-18-20-7-5-8-21(17-20)19-30-14-6-11-24(30)31;/h5,7-8,17,22-23H,2-4,6,9-16,18-19H2,1H3,(H2,26,27,28);1H. The van der Waals surface area contributed by atoms with Gasteiger partial charge in [0.25, 0.3) is 0 Å². The van der Waals surface area contributed by atoms with Crippen molar-refractivity contribution >= 4 is 35.8 Å². The molecule has 2 N–H and O–H groups in total. The smallest absolute Gasteiger partial charge is 0.222 e. The van der Waals surface area contributed by atoms with Gasteiger partial charge in [-0.3, -0.25) is 9.79 Å². The van der Waals surface area contributed by atoms with E-state index in [0.29, 0.717) is 12.5 Å². The zero-order valence-corrected chi connectivity index (χ0v) is 21.9. The number of nitrogens with one attached hydrogen (secondary N) is 2. The molecular weight excluding hydrogens is 513 g/mol. The Morgan fingerprint density at radius 3 is 2.47 bits per heavy atom. The first-order valence-corrected chi connectivity index (χ1v) is 12.3. The number of carbonyl (C=O) groups is 1. The van der Waals surface area contributed by atoms with Gasteiger partial charge in [-0.25, -0.2) is 0 Å². The van der Waals surface area contributed by atoms with Crippen LogP contribution in [-0.4, -0.2) is 60.4 Å². The molecule has 0 spiro atoms. The summed E-state index contributed by atoms with van der Waals surface area (Å²) in [5, 5.41) is 7.12. The van der Waals surface area contributed by atoms with Crippen LogP contribution in [-0.2, 0) is 17.9 Å². The lowest BCUT2D eigenvalue weighted by Crippen LogP contribution is -2.50. The molecule has 178 valence electrons. The number of rotatable bonds is 6. The lowest BCUT2D eigenvalue weighted by molar-refractivity contribution is -0.128. The number of amides is 1. The Bertz CT molecular complexity index is 756. The van der Waals surface area contributed by atoms with Gasteiger partial charge in [0.05, 0.1) is 0 Å². The molecule has 2 aliphatic heterocycles. The van der Waals surface area contributed by atoms with E-state index in [2.05, 4.69) is 44.8 Å². The highest BCUT2D eigenvalue weighted by atomic mass is 127. The van der Waals surface area contributed by atoms with Crippen molar-refractivity contribution < 1.29 is 4.79 Å². The van der Waals surface area contributed by atoms with E-state index in [0.717, 1.165) is 38.1 Å². The molecule has 1 saturated carbocycles. The normalized spacial score (nSPS) is 21.5. The van der Waals surface area contributed by atoms with Crippen LogP contribution in [0.1, 0.15) is 68.9 Å². The highest BCUT2D eigenvalue weighted by Gasteiger charge is 2.26. The lowest BCUT2D eigenvalue weighted by Gasteiger charge is -2.39. The molecule has 6 nitrogen and oxygen atoms in total. The fourth-order valence-corrected chi connectivity index (χ4v) is 5.36. The van der Waals surface area contributed by atoms with Gasteiger partial charge in [-0.2, -0.15) is 0 Å². The van der Waals surface area contributed by atoms with Gasteiger partial charge in [-0.1, -0.05) is 43.5 Å². The highest BCUT2D eigenvalue weighted by molar-refractivity contribution is 14.0. The van der Waals surface area contributed by atoms with Gasteiger partial charge < -0.3 is 20.4 Å². The third kappa shape index (κ3) is 7.07. The van der Waals surface area contributed by atoms with Crippen molar-refractivity contribution in [3.63, 3.8) is 0 Å². The summed E-state index contributed by atoms with van der Waals surface area (Å²) in [5.74, 6) is 1.17. The first-order valence-electron chi connectivity index (χ1n) is 12.3. The molecule has 32 heavy (non-hydrogen) atoms. The Hall–Kier alpha value is -1.35. The van der Waals surface area contributed by atoms with Crippen LogP contribution in [0.5, 0.6) is 0 Å². The Balaban J connectivity index is 0.00000289. The topological polar surface area (TPSA) is 60.0 Å². The fourth-order valence-electron chi connectivity index (χ4n) is 5.36. The van der Waals surface area contributed by atoms with Crippen LogP contribution in [0.3, 0.4) is 0 Å². The molecular formula is C25H40IN5O. The Morgan fingerprint density at radius 1 is 1.03 bits per heavy atom.